The number of para-hydroxylation sites is 1. The molecule has 0 aliphatic heterocycles. The maximum atomic E-state index is 12.1. The molecule has 98 valence electrons. The number of fused-ring (bicyclic) bond motifs is 1. The van der Waals surface area contributed by atoms with E-state index in [1.165, 1.54) is 0 Å². The standard InChI is InChI=1S/C16H10BrNO2/c17-13-8-6-12(7-9-13)16(19)20-14-5-1-3-11-4-2-10-18-15(11)14/h1-10H. The highest BCUT2D eigenvalue weighted by Crippen LogP contribution is 2.24. The fraction of sp³-hybridized carbons (Fsp3) is 0. The van der Waals surface area contributed by atoms with Crippen molar-refractivity contribution in [2.45, 2.75) is 0 Å². The third kappa shape index (κ3) is 2.56. The molecule has 0 atom stereocenters. The molecule has 0 N–H and O–H groups in total. The summed E-state index contributed by atoms with van der Waals surface area (Å²) in [5.74, 6) is 0.0756. The van der Waals surface area contributed by atoms with Gasteiger partial charge < -0.3 is 4.74 Å². The Balaban J connectivity index is 1.93. The highest BCUT2D eigenvalue weighted by molar-refractivity contribution is 9.10. The van der Waals surface area contributed by atoms with Crippen LogP contribution < -0.4 is 4.74 Å². The minimum absolute atomic E-state index is 0.393. The van der Waals surface area contributed by atoms with Crippen molar-refractivity contribution < 1.29 is 9.53 Å². The third-order valence-electron chi connectivity index (χ3n) is 2.88. The second-order valence-electron chi connectivity index (χ2n) is 4.23. The monoisotopic (exact) mass is 327 g/mol. The van der Waals surface area contributed by atoms with Crippen molar-refractivity contribution in [1.29, 1.82) is 0 Å². The van der Waals surface area contributed by atoms with E-state index in [-0.39, 0.29) is 0 Å². The summed E-state index contributed by atoms with van der Waals surface area (Å²) in [5, 5.41) is 0.939. The fourth-order valence-corrected chi connectivity index (χ4v) is 2.17. The average Bonchev–Trinajstić information content (AvgIpc) is 2.48. The predicted octanol–water partition coefficient (Wildman–Crippen LogP) is 4.22. The molecule has 1 heterocycles. The number of carbonyl (C=O) groups excluding carboxylic acids is 1. The molecule has 3 rings (SSSR count). The Morgan fingerprint density at radius 1 is 1.00 bits per heavy atom. The molecule has 4 heteroatoms. The SMILES string of the molecule is O=C(Oc1cccc2cccnc12)c1ccc(Br)cc1. The number of aromatic nitrogens is 1. The number of carbonyl (C=O) groups is 1. The van der Waals surface area contributed by atoms with Crippen molar-refractivity contribution in [2.75, 3.05) is 0 Å². The Hall–Kier alpha value is -2.20. The molecule has 20 heavy (non-hydrogen) atoms. The molecule has 3 nitrogen and oxygen atoms in total. The van der Waals surface area contributed by atoms with E-state index in [0.717, 1.165) is 9.86 Å². The van der Waals surface area contributed by atoms with Gasteiger partial charge in [0.25, 0.3) is 0 Å². The van der Waals surface area contributed by atoms with Crippen molar-refractivity contribution in [3.63, 3.8) is 0 Å². The van der Waals surface area contributed by atoms with Gasteiger partial charge in [0.2, 0.25) is 0 Å². The fourth-order valence-electron chi connectivity index (χ4n) is 1.90. The van der Waals surface area contributed by atoms with Crippen molar-refractivity contribution in [1.82, 2.24) is 4.98 Å². The number of pyridine rings is 1. The highest BCUT2D eigenvalue weighted by Gasteiger charge is 2.11. The summed E-state index contributed by atoms with van der Waals surface area (Å²) >= 11 is 3.33. The number of ether oxygens (including phenoxy) is 1. The van der Waals surface area contributed by atoms with Crippen LogP contribution in [0.2, 0.25) is 0 Å². The van der Waals surface area contributed by atoms with Crippen molar-refractivity contribution in [3.05, 3.63) is 70.8 Å². The molecule has 0 fully saturated rings. The average molecular weight is 328 g/mol. The molecule has 0 saturated carbocycles. The Morgan fingerprint density at radius 3 is 2.55 bits per heavy atom. The van der Waals surface area contributed by atoms with E-state index in [1.54, 1.807) is 36.5 Å². The van der Waals surface area contributed by atoms with Crippen molar-refractivity contribution >= 4 is 32.8 Å². The summed E-state index contributed by atoms with van der Waals surface area (Å²) in [5.41, 5.74) is 1.18. The quantitative estimate of drug-likeness (QED) is 0.522. The molecule has 0 aliphatic carbocycles. The van der Waals surface area contributed by atoms with Crippen LogP contribution in [0.15, 0.2) is 65.3 Å². The summed E-state index contributed by atoms with van der Waals surface area (Å²) in [7, 11) is 0. The topological polar surface area (TPSA) is 39.2 Å². The molecule has 0 spiro atoms. The second kappa shape index (κ2) is 5.43. The normalized spacial score (nSPS) is 10.4. The van der Waals surface area contributed by atoms with Gasteiger partial charge in [0.05, 0.1) is 5.56 Å². The maximum Gasteiger partial charge on any atom is 0.343 e. The van der Waals surface area contributed by atoms with Gasteiger partial charge in [-0.05, 0) is 36.4 Å². The molecule has 0 bridgehead atoms. The van der Waals surface area contributed by atoms with Crippen LogP contribution >= 0.6 is 15.9 Å². The summed E-state index contributed by atoms with van der Waals surface area (Å²) in [6.45, 7) is 0. The van der Waals surface area contributed by atoms with Gasteiger partial charge in [-0.2, -0.15) is 0 Å². The van der Waals surface area contributed by atoms with Gasteiger partial charge in [0.1, 0.15) is 5.52 Å². The zero-order valence-corrected chi connectivity index (χ0v) is 12.0. The van der Waals surface area contributed by atoms with E-state index in [9.17, 15) is 4.79 Å². The number of esters is 1. The zero-order valence-electron chi connectivity index (χ0n) is 10.4. The molecule has 0 unspecified atom stereocenters. The first kappa shape index (κ1) is 12.8. The first-order valence-corrected chi connectivity index (χ1v) is 6.85. The molecule has 0 radical (unpaired) electrons. The van der Waals surface area contributed by atoms with Crippen LogP contribution in [-0.4, -0.2) is 11.0 Å². The molecule has 2 aromatic carbocycles. The van der Waals surface area contributed by atoms with Crippen molar-refractivity contribution in [3.8, 4) is 5.75 Å². The first-order chi connectivity index (χ1) is 9.74. The molecular weight excluding hydrogens is 318 g/mol. The van der Waals surface area contributed by atoms with Crippen molar-refractivity contribution in [2.24, 2.45) is 0 Å². The third-order valence-corrected chi connectivity index (χ3v) is 3.41. The second-order valence-corrected chi connectivity index (χ2v) is 5.14. The lowest BCUT2D eigenvalue weighted by atomic mass is 10.2. The Labute approximate surface area is 124 Å². The molecular formula is C16H10BrNO2. The van der Waals surface area contributed by atoms with E-state index in [2.05, 4.69) is 20.9 Å². The molecule has 0 aliphatic rings. The minimum Gasteiger partial charge on any atom is -0.421 e. The zero-order chi connectivity index (χ0) is 13.9. The Kier molecular flexibility index (Phi) is 3.48. The summed E-state index contributed by atoms with van der Waals surface area (Å²) in [6, 6.07) is 16.3. The van der Waals surface area contributed by atoms with E-state index in [0.29, 0.717) is 16.8 Å². The van der Waals surface area contributed by atoms with E-state index < -0.39 is 5.97 Å². The molecule has 0 amide bonds. The van der Waals surface area contributed by atoms with Crippen LogP contribution in [0, 0.1) is 0 Å². The van der Waals surface area contributed by atoms with Gasteiger partial charge >= 0.3 is 5.97 Å². The predicted molar refractivity (Wildman–Crippen MR) is 80.8 cm³/mol. The minimum atomic E-state index is -0.393. The van der Waals surface area contributed by atoms with Crippen LogP contribution in [0.3, 0.4) is 0 Å². The Morgan fingerprint density at radius 2 is 1.75 bits per heavy atom. The summed E-state index contributed by atoms with van der Waals surface area (Å²) in [4.78, 5) is 16.4. The van der Waals surface area contributed by atoms with Gasteiger partial charge in [0, 0.05) is 16.1 Å². The summed E-state index contributed by atoms with van der Waals surface area (Å²) < 4.78 is 6.35. The van der Waals surface area contributed by atoms with Gasteiger partial charge in [-0.3, -0.25) is 4.98 Å². The molecule has 1 aromatic heterocycles. The van der Waals surface area contributed by atoms with E-state index in [4.69, 9.17) is 4.74 Å². The number of hydrogen-bond acceptors (Lipinski definition) is 3. The molecule has 3 aromatic rings. The van der Waals surface area contributed by atoms with Crippen LogP contribution in [-0.2, 0) is 0 Å². The smallest absolute Gasteiger partial charge is 0.343 e. The number of rotatable bonds is 2. The van der Waals surface area contributed by atoms with E-state index >= 15 is 0 Å². The first-order valence-electron chi connectivity index (χ1n) is 6.05. The van der Waals surface area contributed by atoms with E-state index in [1.807, 2.05) is 24.3 Å². The molecule has 0 saturated heterocycles. The van der Waals surface area contributed by atoms with Crippen LogP contribution in [0.4, 0.5) is 0 Å². The van der Waals surface area contributed by atoms with Crippen LogP contribution in [0.1, 0.15) is 10.4 Å². The van der Waals surface area contributed by atoms with Gasteiger partial charge in [-0.1, -0.05) is 34.1 Å². The largest absolute Gasteiger partial charge is 0.421 e. The highest BCUT2D eigenvalue weighted by atomic mass is 79.9. The lowest BCUT2D eigenvalue weighted by Gasteiger charge is -2.07. The number of hydrogen-bond donors (Lipinski definition) is 0. The van der Waals surface area contributed by atoms with Gasteiger partial charge in [-0.15, -0.1) is 0 Å². The Bertz CT molecular complexity index is 764. The number of nitrogens with zero attached hydrogens (tertiary/aromatic N) is 1. The van der Waals surface area contributed by atoms with Crippen LogP contribution in [0.25, 0.3) is 10.9 Å². The lowest BCUT2D eigenvalue weighted by Crippen LogP contribution is -2.08. The number of benzene rings is 2. The van der Waals surface area contributed by atoms with Gasteiger partial charge in [-0.25, -0.2) is 4.79 Å². The maximum absolute atomic E-state index is 12.1. The lowest BCUT2D eigenvalue weighted by molar-refractivity contribution is 0.0737. The van der Waals surface area contributed by atoms with Crippen LogP contribution in [0.5, 0.6) is 5.75 Å². The van der Waals surface area contributed by atoms with Gasteiger partial charge in [0.15, 0.2) is 5.75 Å². The number of halogens is 1. The summed E-state index contributed by atoms with van der Waals surface area (Å²) in [6.07, 6.45) is 1.68.